The van der Waals surface area contributed by atoms with Crippen molar-refractivity contribution in [3.05, 3.63) is 0 Å². The van der Waals surface area contributed by atoms with Crippen LogP contribution in [0.1, 0.15) is 25.7 Å². The van der Waals surface area contributed by atoms with Crippen LogP contribution in [-0.4, -0.2) is 42.2 Å². The summed E-state index contributed by atoms with van der Waals surface area (Å²) in [7, 11) is 2.09. The topological polar surface area (TPSA) is 66.6 Å². The largest absolute Gasteiger partial charge is 0.481 e. The molecule has 1 aliphatic rings. The number of carboxylic acid groups (broad SMARTS) is 1. The Morgan fingerprint density at radius 1 is 1.50 bits per heavy atom. The lowest BCUT2D eigenvalue weighted by Crippen LogP contribution is -2.30. The number of hydrogen-bond acceptors (Lipinski definition) is 3. The standard InChI is InChI=1S/C10H20N2O2/c1-12-6-4-8(2-3-10(13)14)9(11)5-7-12/h8-9H,2-7,11H2,1H3,(H,13,14)/t8-,9-/m0/s1. The van der Waals surface area contributed by atoms with Gasteiger partial charge in [-0.15, -0.1) is 0 Å². The Bertz CT molecular complexity index is 197. The van der Waals surface area contributed by atoms with E-state index in [1.54, 1.807) is 0 Å². The minimum Gasteiger partial charge on any atom is -0.481 e. The smallest absolute Gasteiger partial charge is 0.303 e. The number of carboxylic acids is 1. The van der Waals surface area contributed by atoms with Crippen LogP contribution in [0, 0.1) is 5.92 Å². The van der Waals surface area contributed by atoms with Gasteiger partial charge in [0.2, 0.25) is 0 Å². The second-order valence-electron chi connectivity index (χ2n) is 4.24. The second-order valence-corrected chi connectivity index (χ2v) is 4.24. The summed E-state index contributed by atoms with van der Waals surface area (Å²) in [6, 6.07) is 0.180. The van der Waals surface area contributed by atoms with Crippen LogP contribution in [-0.2, 0) is 4.79 Å². The molecule has 0 radical (unpaired) electrons. The highest BCUT2D eigenvalue weighted by Crippen LogP contribution is 2.20. The SMILES string of the molecule is CN1CC[C@H](CCC(=O)O)[C@@H](N)CC1. The Balaban J connectivity index is 2.37. The molecule has 0 unspecified atom stereocenters. The number of carbonyl (C=O) groups is 1. The molecule has 1 fully saturated rings. The summed E-state index contributed by atoms with van der Waals surface area (Å²) >= 11 is 0. The first-order valence-corrected chi connectivity index (χ1v) is 5.25. The summed E-state index contributed by atoms with van der Waals surface area (Å²) in [6.45, 7) is 2.07. The zero-order valence-corrected chi connectivity index (χ0v) is 8.78. The van der Waals surface area contributed by atoms with Gasteiger partial charge in [0.15, 0.2) is 0 Å². The summed E-state index contributed by atoms with van der Waals surface area (Å²) in [5.41, 5.74) is 6.01. The Morgan fingerprint density at radius 2 is 2.14 bits per heavy atom. The number of aliphatic carboxylic acids is 1. The highest BCUT2D eigenvalue weighted by atomic mass is 16.4. The van der Waals surface area contributed by atoms with E-state index in [1.165, 1.54) is 0 Å². The van der Waals surface area contributed by atoms with Crippen LogP contribution in [0.2, 0.25) is 0 Å². The van der Waals surface area contributed by atoms with Crippen molar-refractivity contribution in [2.45, 2.75) is 31.7 Å². The van der Waals surface area contributed by atoms with Gasteiger partial charge in [0.05, 0.1) is 0 Å². The maximum atomic E-state index is 10.4. The van der Waals surface area contributed by atoms with Crippen LogP contribution < -0.4 is 5.73 Å². The molecule has 0 spiro atoms. The highest BCUT2D eigenvalue weighted by Gasteiger charge is 2.22. The molecule has 0 aromatic carbocycles. The number of likely N-dealkylation sites (tertiary alicyclic amines) is 1. The minimum atomic E-state index is -0.713. The van der Waals surface area contributed by atoms with Crippen molar-refractivity contribution in [3.8, 4) is 0 Å². The van der Waals surface area contributed by atoms with Gasteiger partial charge in [0.25, 0.3) is 0 Å². The van der Waals surface area contributed by atoms with E-state index in [-0.39, 0.29) is 12.5 Å². The van der Waals surface area contributed by atoms with Crippen molar-refractivity contribution in [2.75, 3.05) is 20.1 Å². The third kappa shape index (κ3) is 3.64. The third-order valence-corrected chi connectivity index (χ3v) is 3.06. The van der Waals surface area contributed by atoms with E-state index in [1.807, 2.05) is 0 Å². The van der Waals surface area contributed by atoms with Crippen molar-refractivity contribution in [3.63, 3.8) is 0 Å². The molecule has 0 bridgehead atoms. The first-order chi connectivity index (χ1) is 6.59. The number of nitrogens with zero attached hydrogens (tertiary/aromatic N) is 1. The van der Waals surface area contributed by atoms with Gasteiger partial charge < -0.3 is 15.7 Å². The van der Waals surface area contributed by atoms with Gasteiger partial charge in [-0.3, -0.25) is 4.79 Å². The normalized spacial score (nSPS) is 29.9. The summed E-state index contributed by atoms with van der Waals surface area (Å²) < 4.78 is 0. The van der Waals surface area contributed by atoms with Crippen LogP contribution in [0.3, 0.4) is 0 Å². The summed E-state index contributed by atoms with van der Waals surface area (Å²) in [4.78, 5) is 12.7. The molecule has 2 atom stereocenters. The molecule has 0 amide bonds. The zero-order valence-electron chi connectivity index (χ0n) is 8.78. The third-order valence-electron chi connectivity index (χ3n) is 3.06. The van der Waals surface area contributed by atoms with Crippen molar-refractivity contribution in [1.29, 1.82) is 0 Å². The van der Waals surface area contributed by atoms with Gasteiger partial charge in [0, 0.05) is 12.5 Å². The second kappa shape index (κ2) is 5.32. The van der Waals surface area contributed by atoms with Gasteiger partial charge in [-0.2, -0.15) is 0 Å². The number of hydrogen-bond donors (Lipinski definition) is 2. The zero-order chi connectivity index (χ0) is 10.6. The monoisotopic (exact) mass is 200 g/mol. The number of rotatable bonds is 3. The van der Waals surface area contributed by atoms with Gasteiger partial charge >= 0.3 is 5.97 Å². The predicted octanol–water partition coefficient (Wildman–Crippen LogP) is 0.520. The Kier molecular flexibility index (Phi) is 4.35. The fourth-order valence-corrected chi connectivity index (χ4v) is 1.98. The van der Waals surface area contributed by atoms with Crippen molar-refractivity contribution in [2.24, 2.45) is 11.7 Å². The van der Waals surface area contributed by atoms with Gasteiger partial charge in [-0.25, -0.2) is 0 Å². The number of nitrogens with two attached hydrogens (primary N) is 1. The van der Waals surface area contributed by atoms with Crippen LogP contribution in [0.4, 0.5) is 0 Å². The van der Waals surface area contributed by atoms with Crippen molar-refractivity contribution >= 4 is 5.97 Å². The minimum absolute atomic E-state index is 0.180. The van der Waals surface area contributed by atoms with E-state index >= 15 is 0 Å². The van der Waals surface area contributed by atoms with E-state index < -0.39 is 5.97 Å². The molecule has 14 heavy (non-hydrogen) atoms. The highest BCUT2D eigenvalue weighted by molar-refractivity contribution is 5.66. The van der Waals surface area contributed by atoms with E-state index in [2.05, 4.69) is 11.9 Å². The van der Waals surface area contributed by atoms with E-state index in [4.69, 9.17) is 10.8 Å². The van der Waals surface area contributed by atoms with Gasteiger partial charge in [-0.1, -0.05) is 0 Å². The molecule has 1 rings (SSSR count). The molecule has 82 valence electrons. The van der Waals surface area contributed by atoms with Crippen LogP contribution in [0.25, 0.3) is 0 Å². The van der Waals surface area contributed by atoms with Crippen molar-refractivity contribution < 1.29 is 9.90 Å². The molecule has 4 nitrogen and oxygen atoms in total. The summed E-state index contributed by atoms with van der Waals surface area (Å²) in [6.07, 6.45) is 3.00. The molecule has 1 saturated heterocycles. The maximum Gasteiger partial charge on any atom is 0.303 e. The van der Waals surface area contributed by atoms with E-state index in [9.17, 15) is 4.79 Å². The average Bonchev–Trinajstić information content (AvgIpc) is 2.27. The summed E-state index contributed by atoms with van der Waals surface area (Å²) in [5.74, 6) is -0.328. The van der Waals surface area contributed by atoms with Crippen LogP contribution >= 0.6 is 0 Å². The summed E-state index contributed by atoms with van der Waals surface area (Å²) in [5, 5.41) is 8.60. The Morgan fingerprint density at radius 3 is 2.79 bits per heavy atom. The average molecular weight is 200 g/mol. The molecule has 3 N–H and O–H groups in total. The van der Waals surface area contributed by atoms with Crippen molar-refractivity contribution in [1.82, 2.24) is 4.90 Å². The molecule has 0 aliphatic carbocycles. The predicted molar refractivity (Wildman–Crippen MR) is 55.1 cm³/mol. The first-order valence-electron chi connectivity index (χ1n) is 5.25. The molecular formula is C10H20N2O2. The molecule has 4 heteroatoms. The van der Waals surface area contributed by atoms with Crippen LogP contribution in [0.5, 0.6) is 0 Å². The van der Waals surface area contributed by atoms with Crippen LogP contribution in [0.15, 0.2) is 0 Å². The Hall–Kier alpha value is -0.610. The molecule has 0 aromatic rings. The Labute approximate surface area is 85.1 Å². The molecule has 0 aromatic heterocycles. The van der Waals surface area contributed by atoms with Gasteiger partial charge in [-0.05, 0) is 45.3 Å². The van der Waals surface area contributed by atoms with Gasteiger partial charge in [0.1, 0.15) is 0 Å². The lowest BCUT2D eigenvalue weighted by molar-refractivity contribution is -0.137. The lowest BCUT2D eigenvalue weighted by atomic mass is 9.91. The maximum absolute atomic E-state index is 10.4. The lowest BCUT2D eigenvalue weighted by Gasteiger charge is -2.19. The molecular weight excluding hydrogens is 180 g/mol. The fraction of sp³-hybridized carbons (Fsp3) is 0.900. The molecule has 1 aliphatic heterocycles. The van der Waals surface area contributed by atoms with E-state index in [0.29, 0.717) is 5.92 Å². The fourth-order valence-electron chi connectivity index (χ4n) is 1.98. The van der Waals surface area contributed by atoms with E-state index in [0.717, 1.165) is 32.4 Å². The first kappa shape index (κ1) is 11.5. The molecule has 1 heterocycles. The molecule has 0 saturated carbocycles. The quantitative estimate of drug-likeness (QED) is 0.697.